The number of hydrogen-bond donors (Lipinski definition) is 10. The third kappa shape index (κ3) is 13.7. The van der Waals surface area contributed by atoms with Crippen molar-refractivity contribution in [2.45, 2.75) is 50.6 Å². The molecule has 6 aromatic rings. The number of aryl methyl sites for hydroxylation is 2. The molecule has 0 fully saturated rings. The molecule has 8 rings (SSSR count). The SMILES string of the molecule is NC(N)=Nc1ccc2c(c1)CCCOc1c(cccc1C(=O)NC(c1cccc(-c3cccc(C(NC(=O)c4cccc5c4OCCCc4cc(N=C(N)N)ccc4C(=O)O5)C(CC(=O)O)C(=O)O)c3)c1)C(CC(=O)O)C(=O)O)OC2=O. The van der Waals surface area contributed by atoms with Crippen LogP contribution in [-0.2, 0) is 32.0 Å². The quantitative estimate of drug-likeness (QED) is 0.0232. The van der Waals surface area contributed by atoms with Gasteiger partial charge in [0, 0.05) is 0 Å². The van der Waals surface area contributed by atoms with Gasteiger partial charge in [0.2, 0.25) is 0 Å². The van der Waals surface area contributed by atoms with Gasteiger partial charge in [0.1, 0.15) is 0 Å². The van der Waals surface area contributed by atoms with Crippen molar-refractivity contribution in [3.8, 4) is 34.1 Å². The number of carboxylic acids is 4. The number of ether oxygens (including phenoxy) is 4. The van der Waals surface area contributed by atoms with Gasteiger partial charge in [0.15, 0.2) is 34.9 Å². The lowest BCUT2D eigenvalue weighted by Crippen LogP contribution is -2.38. The normalized spacial score (nSPS) is 14.3. The topological polar surface area (TPSA) is 407 Å². The molecule has 4 atom stereocenters. The first-order chi connectivity index (χ1) is 39.2. The summed E-state index contributed by atoms with van der Waals surface area (Å²) in [6, 6.07) is 26.6. The summed E-state index contributed by atoms with van der Waals surface area (Å²) in [4.78, 5) is 115. The number of carboxylic acid groups (broad SMARTS) is 4. The van der Waals surface area contributed by atoms with E-state index >= 15 is 0 Å². The standard InChI is InChI=1S/C58H54N8O16/c59-57(60)63-35-17-19-37-31(25-35)11-5-21-79-49-39(13-3-15-43(49)81-55(37)77)51(71)65-47(41(53(73)74)27-45(67)68)33-9-1-7-29(23-33)30-8-2-10-34(24-30)48(42(54(75)76)28-46(69)70)66-52(72)40-14-4-16-44-50(40)80-22-6-12-32-26-36(64-58(61)62)18-20-38(32)56(78)82-44/h1-4,7-10,13-20,23-26,41-42,47-48H,5-6,11-12,21-22,27-28H2,(H,65,71)(H,66,72)(H,67,68)(H,69,70)(H,73,74)(H,75,76)(H4,59,60,63)(H4,61,62,64). The Balaban J connectivity index is 1.11. The summed E-state index contributed by atoms with van der Waals surface area (Å²) >= 11 is 0. The molecule has 24 nitrogen and oxygen atoms in total. The number of nitrogens with zero attached hydrogens (tertiary/aromatic N) is 2. The van der Waals surface area contributed by atoms with Crippen LogP contribution in [0.5, 0.6) is 23.0 Å². The fourth-order valence-electron chi connectivity index (χ4n) is 9.61. The second-order valence-electron chi connectivity index (χ2n) is 18.9. The minimum Gasteiger partial charge on any atom is -0.489 e. The fraction of sp³-hybridized carbons (Fsp3) is 0.207. The van der Waals surface area contributed by atoms with E-state index in [4.69, 9.17) is 41.9 Å². The van der Waals surface area contributed by atoms with Crippen LogP contribution in [0.2, 0.25) is 0 Å². The highest BCUT2D eigenvalue weighted by molar-refractivity contribution is 6.01. The zero-order valence-corrected chi connectivity index (χ0v) is 43.4. The van der Waals surface area contributed by atoms with Crippen molar-refractivity contribution in [2.75, 3.05) is 13.2 Å². The number of aliphatic imine (C=N–C) groups is 2. The van der Waals surface area contributed by atoms with Gasteiger partial charge in [-0.15, -0.1) is 0 Å². The molecule has 0 saturated heterocycles. The number of fused-ring (bicyclic) bond motifs is 4. The largest absolute Gasteiger partial charge is 0.489 e. The minimum atomic E-state index is -1.79. The number of aliphatic carboxylic acids is 4. The van der Waals surface area contributed by atoms with E-state index in [0.717, 1.165) is 0 Å². The molecule has 6 aromatic carbocycles. The maximum atomic E-state index is 14.5. The molecule has 2 aliphatic heterocycles. The van der Waals surface area contributed by atoms with Crippen LogP contribution < -0.4 is 52.5 Å². The lowest BCUT2D eigenvalue weighted by Gasteiger charge is -2.27. The van der Waals surface area contributed by atoms with E-state index in [2.05, 4.69) is 20.6 Å². The number of hydrogen-bond acceptors (Lipinski definition) is 14. The molecule has 2 aliphatic rings. The van der Waals surface area contributed by atoms with Gasteiger partial charge in [-0.2, -0.15) is 0 Å². The number of benzene rings is 6. The highest BCUT2D eigenvalue weighted by Gasteiger charge is 2.37. The van der Waals surface area contributed by atoms with Crippen LogP contribution in [-0.4, -0.2) is 93.2 Å². The van der Waals surface area contributed by atoms with E-state index in [1.807, 2.05) is 0 Å². The van der Waals surface area contributed by atoms with Crippen LogP contribution in [0, 0.1) is 11.8 Å². The zero-order chi connectivity index (χ0) is 58.8. The van der Waals surface area contributed by atoms with E-state index < -0.39 is 84.4 Å². The molecule has 14 N–H and O–H groups in total. The molecule has 2 heterocycles. The van der Waals surface area contributed by atoms with Gasteiger partial charge in [0.25, 0.3) is 11.8 Å². The number of nitrogens with two attached hydrogens (primary N) is 4. The maximum absolute atomic E-state index is 14.5. The first kappa shape index (κ1) is 57.4. The third-order valence-electron chi connectivity index (χ3n) is 13.3. The number of nitrogens with one attached hydrogen (secondary N) is 2. The Hall–Kier alpha value is -10.8. The molecule has 422 valence electrons. The van der Waals surface area contributed by atoms with Crippen molar-refractivity contribution < 1.29 is 77.7 Å². The Labute approximate surface area is 466 Å². The summed E-state index contributed by atoms with van der Waals surface area (Å²) in [5.74, 6) is -14.1. The molecular weight excluding hydrogens is 1060 g/mol. The third-order valence-corrected chi connectivity index (χ3v) is 13.3. The van der Waals surface area contributed by atoms with Crippen LogP contribution in [0.15, 0.2) is 131 Å². The van der Waals surface area contributed by atoms with Crippen molar-refractivity contribution in [1.29, 1.82) is 0 Å². The smallest absolute Gasteiger partial charge is 0.343 e. The molecule has 0 aliphatic carbocycles. The van der Waals surface area contributed by atoms with Crippen LogP contribution >= 0.6 is 0 Å². The van der Waals surface area contributed by atoms with E-state index in [1.165, 1.54) is 97.1 Å². The summed E-state index contributed by atoms with van der Waals surface area (Å²) < 4.78 is 23.7. The second kappa shape index (κ2) is 25.3. The summed E-state index contributed by atoms with van der Waals surface area (Å²) in [5.41, 5.74) is 25.0. The predicted molar refractivity (Wildman–Crippen MR) is 293 cm³/mol. The van der Waals surface area contributed by atoms with Crippen LogP contribution in [0.3, 0.4) is 0 Å². The van der Waals surface area contributed by atoms with Crippen LogP contribution in [0.1, 0.15) is 101 Å². The average Bonchev–Trinajstić information content (AvgIpc) is 3.56. The molecule has 0 bridgehead atoms. The van der Waals surface area contributed by atoms with E-state index in [1.54, 1.807) is 24.3 Å². The number of rotatable bonds is 17. The van der Waals surface area contributed by atoms with E-state index in [-0.39, 0.29) is 81.5 Å². The minimum absolute atomic E-state index is 0.0113. The molecule has 24 heteroatoms. The Morgan fingerprint density at radius 1 is 0.512 bits per heavy atom. The van der Waals surface area contributed by atoms with Crippen molar-refractivity contribution >= 4 is 70.9 Å². The Bertz CT molecular complexity index is 3360. The number of esters is 2. The lowest BCUT2D eigenvalue weighted by molar-refractivity contribution is -0.149. The Morgan fingerprint density at radius 2 is 0.902 bits per heavy atom. The monoisotopic (exact) mass is 1120 g/mol. The van der Waals surface area contributed by atoms with E-state index in [0.29, 0.717) is 59.3 Å². The molecule has 0 spiro atoms. The number of amides is 2. The fourth-order valence-corrected chi connectivity index (χ4v) is 9.61. The van der Waals surface area contributed by atoms with Gasteiger partial charge in [-0.25, -0.2) is 19.6 Å². The van der Waals surface area contributed by atoms with Gasteiger partial charge in [-0.1, -0.05) is 48.5 Å². The Morgan fingerprint density at radius 3 is 1.27 bits per heavy atom. The van der Waals surface area contributed by atoms with Gasteiger partial charge in [0.05, 0.1) is 83.6 Å². The van der Waals surface area contributed by atoms with Gasteiger partial charge < -0.3 is 72.9 Å². The summed E-state index contributed by atoms with van der Waals surface area (Å²) in [6.45, 7) is 0.0226. The molecule has 4 unspecified atom stereocenters. The highest BCUT2D eigenvalue weighted by atomic mass is 16.6. The van der Waals surface area contributed by atoms with E-state index in [9.17, 15) is 58.8 Å². The van der Waals surface area contributed by atoms with Gasteiger partial charge >= 0.3 is 35.8 Å². The number of para-hydroxylation sites is 2. The first-order valence-corrected chi connectivity index (χ1v) is 25.4. The van der Waals surface area contributed by atoms with Crippen molar-refractivity contribution in [2.24, 2.45) is 44.8 Å². The Kier molecular flexibility index (Phi) is 17.7. The second-order valence-corrected chi connectivity index (χ2v) is 18.9. The zero-order valence-electron chi connectivity index (χ0n) is 43.4. The van der Waals surface area contributed by atoms with Crippen molar-refractivity contribution in [3.05, 3.63) is 166 Å². The molecule has 0 aromatic heterocycles. The summed E-state index contributed by atoms with van der Waals surface area (Å²) in [7, 11) is 0. The molecular formula is C58H54N8O16. The summed E-state index contributed by atoms with van der Waals surface area (Å²) in [6.07, 6.45) is -0.616. The van der Waals surface area contributed by atoms with Crippen LogP contribution in [0.25, 0.3) is 11.1 Å². The summed E-state index contributed by atoms with van der Waals surface area (Å²) in [5, 5.41) is 46.3. The first-order valence-electron chi connectivity index (χ1n) is 25.4. The molecule has 82 heavy (non-hydrogen) atoms. The number of guanidine groups is 2. The molecule has 0 radical (unpaired) electrons. The highest BCUT2D eigenvalue weighted by Crippen LogP contribution is 2.39. The average molecular weight is 1120 g/mol. The predicted octanol–water partition coefficient (Wildman–Crippen LogP) is 5.55. The number of carbonyl (C=O) groups excluding carboxylic acids is 4. The van der Waals surface area contributed by atoms with Crippen molar-refractivity contribution in [1.82, 2.24) is 10.6 Å². The van der Waals surface area contributed by atoms with Gasteiger partial charge in [-0.3, -0.25) is 28.8 Å². The van der Waals surface area contributed by atoms with Crippen molar-refractivity contribution in [3.63, 3.8) is 0 Å². The molecule has 0 saturated carbocycles. The molecule has 2 amide bonds. The number of carbonyl (C=O) groups is 8. The van der Waals surface area contributed by atoms with Gasteiger partial charge in [-0.05, 0) is 132 Å². The lowest BCUT2D eigenvalue weighted by atomic mass is 9.86. The maximum Gasteiger partial charge on any atom is 0.343 e. The van der Waals surface area contributed by atoms with Crippen LogP contribution in [0.4, 0.5) is 11.4 Å².